The van der Waals surface area contributed by atoms with Crippen molar-refractivity contribution in [3.8, 4) is 0 Å². The molecule has 1 nitrogen and oxygen atoms in total. The third kappa shape index (κ3) is 1.87. The lowest BCUT2D eigenvalue weighted by Gasteiger charge is -2.10. The average molecular weight is 181 g/mol. The topological polar surface area (TPSA) is 12.0 Å². The van der Waals surface area contributed by atoms with E-state index in [2.05, 4.69) is 22.8 Å². The van der Waals surface area contributed by atoms with Crippen molar-refractivity contribution in [3.63, 3.8) is 0 Å². The van der Waals surface area contributed by atoms with Crippen molar-refractivity contribution in [2.75, 3.05) is 13.1 Å². The van der Waals surface area contributed by atoms with Gasteiger partial charge in [-0.1, -0.05) is 6.07 Å². The van der Waals surface area contributed by atoms with Gasteiger partial charge in [-0.3, -0.25) is 0 Å². The maximum absolute atomic E-state index is 3.44. The first-order valence-corrected chi connectivity index (χ1v) is 5.59. The largest absolute Gasteiger partial charge is 0.317 e. The Hall–Kier alpha value is -0.340. The summed E-state index contributed by atoms with van der Waals surface area (Å²) in [7, 11) is 0. The third-order valence-electron chi connectivity index (χ3n) is 2.52. The minimum Gasteiger partial charge on any atom is -0.317 e. The summed E-state index contributed by atoms with van der Waals surface area (Å²) in [6.45, 7) is 2.41. The molecular weight excluding hydrogens is 166 g/mol. The number of rotatable bonds is 1. The zero-order valence-corrected chi connectivity index (χ0v) is 8.07. The first-order valence-electron chi connectivity index (χ1n) is 4.71. The monoisotopic (exact) mass is 181 g/mol. The van der Waals surface area contributed by atoms with Crippen LogP contribution >= 0.6 is 11.3 Å². The molecule has 1 aromatic rings. The Morgan fingerprint density at radius 1 is 1.33 bits per heavy atom. The second kappa shape index (κ2) is 4.06. The lowest BCUT2D eigenvalue weighted by atomic mass is 9.99. The lowest BCUT2D eigenvalue weighted by Crippen LogP contribution is -2.13. The second-order valence-electron chi connectivity index (χ2n) is 3.39. The SMILES string of the molecule is c1csc(C2CCCNCC2)c1. The summed E-state index contributed by atoms with van der Waals surface area (Å²) >= 11 is 1.91. The molecule has 0 aromatic carbocycles. The minimum atomic E-state index is 0.833. The zero-order valence-electron chi connectivity index (χ0n) is 7.25. The third-order valence-corrected chi connectivity index (χ3v) is 3.56. The molecule has 1 N–H and O–H groups in total. The molecule has 0 amide bonds. The Balaban J connectivity index is 2.02. The van der Waals surface area contributed by atoms with Gasteiger partial charge in [0.15, 0.2) is 0 Å². The average Bonchev–Trinajstić information content (AvgIpc) is 2.48. The number of hydrogen-bond acceptors (Lipinski definition) is 2. The summed E-state index contributed by atoms with van der Waals surface area (Å²) < 4.78 is 0. The van der Waals surface area contributed by atoms with E-state index in [1.165, 1.54) is 32.4 Å². The van der Waals surface area contributed by atoms with Gasteiger partial charge in [-0.15, -0.1) is 11.3 Å². The molecule has 1 aliphatic rings. The van der Waals surface area contributed by atoms with E-state index in [9.17, 15) is 0 Å². The highest BCUT2D eigenvalue weighted by Crippen LogP contribution is 2.29. The number of hydrogen-bond donors (Lipinski definition) is 1. The molecule has 1 aliphatic heterocycles. The molecule has 0 aliphatic carbocycles. The van der Waals surface area contributed by atoms with Crippen molar-refractivity contribution in [1.82, 2.24) is 5.32 Å². The fraction of sp³-hybridized carbons (Fsp3) is 0.600. The first-order chi connectivity index (χ1) is 5.97. The summed E-state index contributed by atoms with van der Waals surface area (Å²) in [6.07, 6.45) is 4.02. The van der Waals surface area contributed by atoms with Crippen LogP contribution in [0.15, 0.2) is 17.5 Å². The Bertz CT molecular complexity index is 210. The van der Waals surface area contributed by atoms with E-state index in [0.29, 0.717) is 0 Å². The Kier molecular flexibility index (Phi) is 2.79. The van der Waals surface area contributed by atoms with Gasteiger partial charge in [0.05, 0.1) is 0 Å². The summed E-state index contributed by atoms with van der Waals surface area (Å²) in [6, 6.07) is 4.44. The summed E-state index contributed by atoms with van der Waals surface area (Å²) in [5, 5.41) is 5.63. The Labute approximate surface area is 77.8 Å². The van der Waals surface area contributed by atoms with Crippen LogP contribution in [-0.2, 0) is 0 Å². The smallest absolute Gasteiger partial charge is 0.00766 e. The number of nitrogens with one attached hydrogen (secondary N) is 1. The highest BCUT2D eigenvalue weighted by Gasteiger charge is 2.13. The predicted molar refractivity (Wildman–Crippen MR) is 53.8 cm³/mol. The van der Waals surface area contributed by atoms with E-state index in [0.717, 1.165) is 5.92 Å². The Morgan fingerprint density at radius 2 is 2.33 bits per heavy atom. The first kappa shape index (κ1) is 8.27. The van der Waals surface area contributed by atoms with E-state index in [4.69, 9.17) is 0 Å². The molecule has 1 fully saturated rings. The van der Waals surface area contributed by atoms with Crippen LogP contribution in [0.25, 0.3) is 0 Å². The van der Waals surface area contributed by atoms with E-state index >= 15 is 0 Å². The van der Waals surface area contributed by atoms with Crippen molar-refractivity contribution in [2.45, 2.75) is 25.2 Å². The Morgan fingerprint density at radius 3 is 3.17 bits per heavy atom. The van der Waals surface area contributed by atoms with E-state index < -0.39 is 0 Å². The van der Waals surface area contributed by atoms with Crippen molar-refractivity contribution < 1.29 is 0 Å². The number of thiophene rings is 1. The molecule has 1 atom stereocenters. The van der Waals surface area contributed by atoms with Crippen LogP contribution < -0.4 is 5.32 Å². The highest BCUT2D eigenvalue weighted by molar-refractivity contribution is 7.10. The minimum absolute atomic E-state index is 0.833. The molecule has 1 aromatic heterocycles. The lowest BCUT2D eigenvalue weighted by molar-refractivity contribution is 0.619. The molecule has 0 saturated carbocycles. The molecule has 2 heteroatoms. The van der Waals surface area contributed by atoms with Crippen LogP contribution in [0, 0.1) is 0 Å². The van der Waals surface area contributed by atoms with Gasteiger partial charge in [0.1, 0.15) is 0 Å². The molecule has 0 radical (unpaired) electrons. The van der Waals surface area contributed by atoms with Gasteiger partial charge in [0, 0.05) is 4.88 Å². The molecule has 12 heavy (non-hydrogen) atoms. The predicted octanol–water partition coefficient (Wildman–Crippen LogP) is 2.61. The van der Waals surface area contributed by atoms with Gasteiger partial charge in [-0.25, -0.2) is 0 Å². The van der Waals surface area contributed by atoms with Gasteiger partial charge in [-0.2, -0.15) is 0 Å². The van der Waals surface area contributed by atoms with Gasteiger partial charge in [0.2, 0.25) is 0 Å². The van der Waals surface area contributed by atoms with Crippen LogP contribution in [0.3, 0.4) is 0 Å². The maximum Gasteiger partial charge on any atom is 0.00766 e. The van der Waals surface area contributed by atoms with Crippen molar-refractivity contribution in [1.29, 1.82) is 0 Å². The van der Waals surface area contributed by atoms with Crippen LogP contribution in [0.4, 0.5) is 0 Å². The normalized spacial score (nSPS) is 25.2. The van der Waals surface area contributed by atoms with Gasteiger partial charge >= 0.3 is 0 Å². The van der Waals surface area contributed by atoms with Gasteiger partial charge in [-0.05, 0) is 49.7 Å². The van der Waals surface area contributed by atoms with Crippen molar-refractivity contribution >= 4 is 11.3 Å². The van der Waals surface area contributed by atoms with Crippen LogP contribution in [0.5, 0.6) is 0 Å². The van der Waals surface area contributed by atoms with Crippen molar-refractivity contribution in [2.24, 2.45) is 0 Å². The van der Waals surface area contributed by atoms with Gasteiger partial charge in [0.25, 0.3) is 0 Å². The van der Waals surface area contributed by atoms with Crippen molar-refractivity contribution in [3.05, 3.63) is 22.4 Å². The van der Waals surface area contributed by atoms with Gasteiger partial charge < -0.3 is 5.32 Å². The van der Waals surface area contributed by atoms with E-state index in [-0.39, 0.29) is 0 Å². The van der Waals surface area contributed by atoms with Crippen LogP contribution in [0.2, 0.25) is 0 Å². The molecule has 0 bridgehead atoms. The molecule has 2 rings (SSSR count). The molecule has 66 valence electrons. The quantitative estimate of drug-likeness (QED) is 0.702. The summed E-state index contributed by atoms with van der Waals surface area (Å²) in [4.78, 5) is 1.58. The molecule has 1 unspecified atom stereocenters. The summed E-state index contributed by atoms with van der Waals surface area (Å²) in [5.41, 5.74) is 0. The summed E-state index contributed by atoms with van der Waals surface area (Å²) in [5.74, 6) is 0.833. The molecule has 0 spiro atoms. The second-order valence-corrected chi connectivity index (χ2v) is 4.37. The molecule has 1 saturated heterocycles. The fourth-order valence-electron chi connectivity index (χ4n) is 1.83. The van der Waals surface area contributed by atoms with Crippen LogP contribution in [0.1, 0.15) is 30.1 Å². The van der Waals surface area contributed by atoms with E-state index in [1.54, 1.807) is 4.88 Å². The zero-order chi connectivity index (χ0) is 8.23. The molecule has 2 heterocycles. The van der Waals surface area contributed by atoms with Crippen LogP contribution in [-0.4, -0.2) is 13.1 Å². The molecular formula is C10H15NS. The van der Waals surface area contributed by atoms with E-state index in [1.807, 2.05) is 11.3 Å². The standard InChI is InChI=1S/C10H15NS/c1-3-9(5-7-11-6-1)10-4-2-8-12-10/h2,4,8-9,11H,1,3,5-7H2. The fourth-order valence-corrected chi connectivity index (χ4v) is 2.73. The maximum atomic E-state index is 3.44. The highest BCUT2D eigenvalue weighted by atomic mass is 32.1.